The fourth-order valence-corrected chi connectivity index (χ4v) is 2.10. The Hall–Kier alpha value is -1.96. The molecule has 21 heavy (non-hydrogen) atoms. The first kappa shape index (κ1) is 15.4. The molecule has 0 spiro atoms. The lowest BCUT2D eigenvalue weighted by molar-refractivity contribution is -0.125. The van der Waals surface area contributed by atoms with Gasteiger partial charge in [-0.2, -0.15) is 0 Å². The molecule has 1 fully saturated rings. The van der Waals surface area contributed by atoms with E-state index in [-0.39, 0.29) is 23.2 Å². The van der Waals surface area contributed by atoms with Crippen LogP contribution in [0.4, 0.5) is 0 Å². The first-order valence-electron chi connectivity index (χ1n) is 6.99. The summed E-state index contributed by atoms with van der Waals surface area (Å²) in [5.41, 5.74) is -0.250. The van der Waals surface area contributed by atoms with Crippen molar-refractivity contribution in [3.05, 3.63) is 11.9 Å². The summed E-state index contributed by atoms with van der Waals surface area (Å²) in [7, 11) is 0. The van der Waals surface area contributed by atoms with Gasteiger partial charge < -0.3 is 10.4 Å². The molecule has 1 saturated heterocycles. The fraction of sp³-hybridized carbons (Fsp3) is 0.692. The van der Waals surface area contributed by atoms with Crippen LogP contribution >= 0.6 is 0 Å². The number of carbonyl (C=O) groups excluding carboxylic acids is 1. The molecule has 0 radical (unpaired) electrons. The monoisotopic (exact) mass is 295 g/mol. The maximum atomic E-state index is 11.9. The summed E-state index contributed by atoms with van der Waals surface area (Å²) in [5, 5.41) is 19.2. The summed E-state index contributed by atoms with van der Waals surface area (Å²) in [5.74, 6) is -1.08. The van der Waals surface area contributed by atoms with Gasteiger partial charge in [-0.15, -0.1) is 5.10 Å². The maximum absolute atomic E-state index is 11.9. The van der Waals surface area contributed by atoms with Gasteiger partial charge in [-0.1, -0.05) is 12.1 Å². The van der Waals surface area contributed by atoms with Gasteiger partial charge in [0, 0.05) is 18.6 Å². The van der Waals surface area contributed by atoms with E-state index >= 15 is 0 Å². The number of amides is 1. The molecular weight excluding hydrogens is 274 g/mol. The van der Waals surface area contributed by atoms with Crippen molar-refractivity contribution < 1.29 is 14.7 Å². The SMILES string of the molecule is CCC(C)(C)NC(=O)CN1CC(n2cc(C(=O)O)nn2)C1. The molecule has 8 heteroatoms. The predicted molar refractivity (Wildman–Crippen MR) is 75.0 cm³/mol. The van der Waals surface area contributed by atoms with Gasteiger partial charge in [0.05, 0.1) is 18.8 Å². The van der Waals surface area contributed by atoms with E-state index in [1.165, 1.54) is 6.20 Å². The van der Waals surface area contributed by atoms with Crippen LogP contribution in [0, 0.1) is 0 Å². The van der Waals surface area contributed by atoms with Crippen molar-refractivity contribution in [2.45, 2.75) is 38.8 Å². The number of nitrogens with zero attached hydrogens (tertiary/aromatic N) is 4. The highest BCUT2D eigenvalue weighted by Crippen LogP contribution is 2.20. The Labute approximate surface area is 123 Å². The Kier molecular flexibility index (Phi) is 4.26. The second-order valence-electron chi connectivity index (χ2n) is 6.02. The first-order valence-corrected chi connectivity index (χ1v) is 6.99. The third-order valence-corrected chi connectivity index (χ3v) is 3.77. The zero-order valence-electron chi connectivity index (χ0n) is 12.5. The van der Waals surface area contributed by atoms with Gasteiger partial charge in [0.15, 0.2) is 5.69 Å². The van der Waals surface area contributed by atoms with Gasteiger partial charge in [0.2, 0.25) is 5.91 Å². The van der Waals surface area contributed by atoms with E-state index in [0.29, 0.717) is 19.6 Å². The number of carboxylic acid groups (broad SMARTS) is 1. The van der Waals surface area contributed by atoms with Crippen LogP contribution in [0.1, 0.15) is 43.7 Å². The Balaban J connectivity index is 1.78. The molecule has 2 N–H and O–H groups in total. The van der Waals surface area contributed by atoms with E-state index in [4.69, 9.17) is 5.11 Å². The van der Waals surface area contributed by atoms with Gasteiger partial charge in [-0.3, -0.25) is 9.69 Å². The molecule has 2 rings (SSSR count). The van der Waals surface area contributed by atoms with Crippen molar-refractivity contribution in [1.29, 1.82) is 0 Å². The summed E-state index contributed by atoms with van der Waals surface area (Å²) >= 11 is 0. The molecule has 0 bridgehead atoms. The summed E-state index contributed by atoms with van der Waals surface area (Å²) in [4.78, 5) is 24.6. The van der Waals surface area contributed by atoms with Crippen molar-refractivity contribution in [1.82, 2.24) is 25.2 Å². The second-order valence-corrected chi connectivity index (χ2v) is 6.02. The largest absolute Gasteiger partial charge is 0.476 e. The molecule has 0 atom stereocenters. The third-order valence-electron chi connectivity index (χ3n) is 3.77. The zero-order valence-corrected chi connectivity index (χ0v) is 12.5. The lowest BCUT2D eigenvalue weighted by atomic mass is 10.0. The molecule has 2 heterocycles. The normalized spacial score (nSPS) is 16.5. The number of hydrogen-bond acceptors (Lipinski definition) is 5. The first-order chi connectivity index (χ1) is 9.80. The highest BCUT2D eigenvalue weighted by molar-refractivity contribution is 5.84. The molecule has 0 aromatic carbocycles. The van der Waals surface area contributed by atoms with E-state index < -0.39 is 5.97 Å². The Morgan fingerprint density at radius 2 is 2.14 bits per heavy atom. The molecule has 0 unspecified atom stereocenters. The zero-order chi connectivity index (χ0) is 15.6. The minimum absolute atomic E-state index is 0.00474. The Bertz CT molecular complexity index is 534. The smallest absolute Gasteiger partial charge is 0.358 e. The number of hydrogen-bond donors (Lipinski definition) is 2. The van der Waals surface area contributed by atoms with Crippen LogP contribution in [-0.2, 0) is 4.79 Å². The van der Waals surface area contributed by atoms with Crippen LogP contribution in [0.3, 0.4) is 0 Å². The standard InChI is InChI=1S/C13H21N5O3/c1-4-13(2,3)14-11(19)8-17-5-9(6-17)18-7-10(12(20)21)15-16-18/h7,9H,4-6,8H2,1-3H3,(H,14,19)(H,20,21). The van der Waals surface area contributed by atoms with Gasteiger partial charge >= 0.3 is 5.97 Å². The van der Waals surface area contributed by atoms with Crippen molar-refractivity contribution >= 4 is 11.9 Å². The van der Waals surface area contributed by atoms with Crippen molar-refractivity contribution in [3.8, 4) is 0 Å². The van der Waals surface area contributed by atoms with Crippen molar-refractivity contribution in [2.24, 2.45) is 0 Å². The van der Waals surface area contributed by atoms with Crippen LogP contribution < -0.4 is 5.32 Å². The summed E-state index contributed by atoms with van der Waals surface area (Å²) in [6.07, 6.45) is 2.29. The molecule has 0 aliphatic carbocycles. The Morgan fingerprint density at radius 1 is 1.48 bits per heavy atom. The number of rotatable bonds is 6. The maximum Gasteiger partial charge on any atom is 0.358 e. The molecule has 1 aromatic heterocycles. The van der Waals surface area contributed by atoms with E-state index in [0.717, 1.165) is 6.42 Å². The Morgan fingerprint density at radius 3 is 2.67 bits per heavy atom. The summed E-state index contributed by atoms with van der Waals surface area (Å²) < 4.78 is 1.55. The molecule has 8 nitrogen and oxygen atoms in total. The second kappa shape index (κ2) is 5.80. The topological polar surface area (TPSA) is 100 Å². The van der Waals surface area contributed by atoms with E-state index in [2.05, 4.69) is 15.6 Å². The number of carbonyl (C=O) groups is 2. The molecule has 1 aliphatic rings. The highest BCUT2D eigenvalue weighted by Gasteiger charge is 2.31. The molecule has 1 aliphatic heterocycles. The molecular formula is C13H21N5O3. The lowest BCUT2D eigenvalue weighted by Gasteiger charge is -2.39. The van der Waals surface area contributed by atoms with Crippen LogP contribution in [0.25, 0.3) is 0 Å². The summed E-state index contributed by atoms with van der Waals surface area (Å²) in [6, 6.07) is 0.0811. The van der Waals surface area contributed by atoms with Crippen molar-refractivity contribution in [3.63, 3.8) is 0 Å². The summed E-state index contributed by atoms with van der Waals surface area (Å²) in [6.45, 7) is 7.70. The predicted octanol–water partition coefficient (Wildman–Crippen LogP) is 0.138. The third kappa shape index (κ3) is 3.78. The molecule has 116 valence electrons. The lowest BCUT2D eigenvalue weighted by Crippen LogP contribution is -2.54. The molecule has 0 saturated carbocycles. The molecule has 1 amide bonds. The number of carboxylic acids is 1. The minimum atomic E-state index is -1.08. The number of aromatic carboxylic acids is 1. The van der Waals surface area contributed by atoms with Crippen LogP contribution in [0.2, 0.25) is 0 Å². The van der Waals surface area contributed by atoms with E-state index in [9.17, 15) is 9.59 Å². The quantitative estimate of drug-likeness (QED) is 0.774. The number of aromatic nitrogens is 3. The van der Waals surface area contributed by atoms with Crippen LogP contribution in [0.5, 0.6) is 0 Å². The van der Waals surface area contributed by atoms with Gasteiger partial charge in [-0.25, -0.2) is 9.48 Å². The van der Waals surface area contributed by atoms with Gasteiger partial charge in [0.1, 0.15) is 0 Å². The van der Waals surface area contributed by atoms with Gasteiger partial charge in [0.25, 0.3) is 0 Å². The van der Waals surface area contributed by atoms with E-state index in [1.54, 1.807) is 4.68 Å². The van der Waals surface area contributed by atoms with Crippen LogP contribution in [-0.4, -0.2) is 62.0 Å². The fourth-order valence-electron chi connectivity index (χ4n) is 2.10. The van der Waals surface area contributed by atoms with Crippen molar-refractivity contribution in [2.75, 3.05) is 19.6 Å². The number of likely N-dealkylation sites (tertiary alicyclic amines) is 1. The average molecular weight is 295 g/mol. The van der Waals surface area contributed by atoms with E-state index in [1.807, 2.05) is 25.7 Å². The average Bonchev–Trinajstić information content (AvgIpc) is 2.82. The number of nitrogens with one attached hydrogen (secondary N) is 1. The molecule has 1 aromatic rings. The van der Waals surface area contributed by atoms with Crippen LogP contribution in [0.15, 0.2) is 6.20 Å². The minimum Gasteiger partial charge on any atom is -0.476 e. The highest BCUT2D eigenvalue weighted by atomic mass is 16.4. The van der Waals surface area contributed by atoms with Gasteiger partial charge in [-0.05, 0) is 20.3 Å².